The summed E-state index contributed by atoms with van der Waals surface area (Å²) in [6.45, 7) is 6.45. The number of aliphatic hydroxyl groups excluding tert-OH is 2. The van der Waals surface area contributed by atoms with Crippen LogP contribution in [0.15, 0.2) is 48.6 Å². The number of allylic oxidation sites excluding steroid dienone is 8. The Labute approximate surface area is 391 Å². The number of hydrogen-bond donors (Lipinski definition) is 3. The Morgan fingerprint density at radius 2 is 0.857 bits per heavy atom. The summed E-state index contributed by atoms with van der Waals surface area (Å²) >= 11 is 0. The van der Waals surface area contributed by atoms with Crippen molar-refractivity contribution in [3.05, 3.63) is 48.6 Å². The van der Waals surface area contributed by atoms with Crippen LogP contribution in [0.1, 0.15) is 278 Å². The van der Waals surface area contributed by atoms with Crippen LogP contribution in [0.4, 0.5) is 0 Å². The molecule has 0 heterocycles. The van der Waals surface area contributed by atoms with Crippen LogP contribution in [0.2, 0.25) is 0 Å². The van der Waals surface area contributed by atoms with Gasteiger partial charge < -0.3 is 20.3 Å². The summed E-state index contributed by atoms with van der Waals surface area (Å²) in [6, 6.07) is -0.711. The third-order valence-corrected chi connectivity index (χ3v) is 12.4. The quantitative estimate of drug-likeness (QED) is 0.0245. The van der Waals surface area contributed by atoms with Crippen molar-refractivity contribution in [1.82, 2.24) is 5.32 Å². The predicted octanol–water partition coefficient (Wildman–Crippen LogP) is 16.6. The maximum atomic E-state index is 13.2. The normalized spacial score (nSPS) is 13.5. The summed E-state index contributed by atoms with van der Waals surface area (Å²) < 4.78 is 5.94. The molecule has 0 aliphatic carbocycles. The molecule has 0 saturated heterocycles. The second-order valence-corrected chi connectivity index (χ2v) is 18.7. The first-order valence-corrected chi connectivity index (χ1v) is 27.4. The number of carbonyl (C=O) groups excluding carboxylic acids is 2. The van der Waals surface area contributed by atoms with E-state index in [1.807, 2.05) is 0 Å². The molecular formula is C57H105NO5. The van der Waals surface area contributed by atoms with Crippen LogP contribution < -0.4 is 5.32 Å². The Morgan fingerprint density at radius 3 is 1.35 bits per heavy atom. The zero-order valence-electron chi connectivity index (χ0n) is 42.0. The average Bonchev–Trinajstić information content (AvgIpc) is 3.28. The fourth-order valence-electron chi connectivity index (χ4n) is 8.22. The first-order valence-electron chi connectivity index (χ1n) is 27.4. The molecule has 6 heteroatoms. The van der Waals surface area contributed by atoms with Gasteiger partial charge in [0.05, 0.1) is 25.2 Å². The number of esters is 1. The molecule has 0 aliphatic rings. The topological polar surface area (TPSA) is 95.9 Å². The predicted molar refractivity (Wildman–Crippen MR) is 273 cm³/mol. The minimum atomic E-state index is -0.795. The van der Waals surface area contributed by atoms with Crippen molar-refractivity contribution in [2.75, 3.05) is 6.61 Å². The van der Waals surface area contributed by atoms with E-state index in [1.165, 1.54) is 148 Å². The van der Waals surface area contributed by atoms with Gasteiger partial charge in [-0.2, -0.15) is 0 Å². The Balaban J connectivity index is 4.62. The summed E-state index contributed by atoms with van der Waals surface area (Å²) in [4.78, 5) is 26.2. The number of nitrogens with one attached hydrogen (secondary N) is 1. The maximum absolute atomic E-state index is 13.2. The van der Waals surface area contributed by atoms with Gasteiger partial charge in [0.15, 0.2) is 0 Å². The van der Waals surface area contributed by atoms with E-state index >= 15 is 0 Å². The number of rotatable bonds is 49. The zero-order valence-corrected chi connectivity index (χ0v) is 42.0. The molecule has 0 aromatic carbocycles. The number of ether oxygens (including phenoxy) is 1. The van der Waals surface area contributed by atoms with Crippen molar-refractivity contribution < 1.29 is 24.5 Å². The van der Waals surface area contributed by atoms with Gasteiger partial charge in [-0.05, 0) is 83.5 Å². The lowest BCUT2D eigenvalue weighted by molar-refractivity contribution is -0.151. The first kappa shape index (κ1) is 60.8. The van der Waals surface area contributed by atoms with E-state index in [0.29, 0.717) is 19.3 Å². The second-order valence-electron chi connectivity index (χ2n) is 18.7. The van der Waals surface area contributed by atoms with Crippen molar-refractivity contribution in [2.24, 2.45) is 0 Å². The molecule has 0 saturated carbocycles. The highest BCUT2D eigenvalue weighted by Gasteiger charge is 2.24. The molecule has 0 aliphatic heterocycles. The van der Waals surface area contributed by atoms with Crippen molar-refractivity contribution in [3.63, 3.8) is 0 Å². The van der Waals surface area contributed by atoms with Crippen molar-refractivity contribution in [3.8, 4) is 0 Å². The smallest absolute Gasteiger partial charge is 0.306 e. The molecule has 0 aromatic heterocycles. The van der Waals surface area contributed by atoms with Gasteiger partial charge in [0, 0.05) is 6.42 Å². The van der Waals surface area contributed by atoms with E-state index < -0.39 is 18.2 Å². The minimum Gasteiger partial charge on any atom is -0.462 e. The van der Waals surface area contributed by atoms with Gasteiger partial charge in [-0.15, -0.1) is 0 Å². The monoisotopic (exact) mass is 884 g/mol. The Hall–Kier alpha value is -2.18. The summed E-state index contributed by atoms with van der Waals surface area (Å²) in [5.41, 5.74) is 0. The van der Waals surface area contributed by atoms with Gasteiger partial charge >= 0.3 is 5.97 Å². The molecule has 0 aromatic rings. The van der Waals surface area contributed by atoms with Crippen LogP contribution in [-0.4, -0.2) is 46.9 Å². The third-order valence-electron chi connectivity index (χ3n) is 12.4. The van der Waals surface area contributed by atoms with E-state index in [4.69, 9.17) is 4.74 Å². The molecule has 368 valence electrons. The van der Waals surface area contributed by atoms with Gasteiger partial charge in [0.2, 0.25) is 5.91 Å². The van der Waals surface area contributed by atoms with E-state index in [1.54, 1.807) is 0 Å². The number of aliphatic hydroxyl groups is 2. The van der Waals surface area contributed by atoms with Crippen LogP contribution in [0.3, 0.4) is 0 Å². The molecule has 0 spiro atoms. The van der Waals surface area contributed by atoms with Gasteiger partial charge in [-0.3, -0.25) is 9.59 Å². The molecule has 0 rings (SSSR count). The zero-order chi connectivity index (χ0) is 45.9. The minimum absolute atomic E-state index is 0.0573. The Bertz CT molecular complexity index is 1080. The van der Waals surface area contributed by atoms with Crippen LogP contribution >= 0.6 is 0 Å². The van der Waals surface area contributed by atoms with Crippen LogP contribution in [0, 0.1) is 0 Å². The summed E-state index contributed by atoms with van der Waals surface area (Å²) in [6.07, 6.45) is 61.7. The number of carbonyl (C=O) groups is 2. The van der Waals surface area contributed by atoms with Crippen molar-refractivity contribution in [2.45, 2.75) is 296 Å². The molecule has 3 atom stereocenters. The lowest BCUT2D eigenvalue weighted by Gasteiger charge is -2.24. The fraction of sp³-hybridized carbons (Fsp3) is 0.825. The van der Waals surface area contributed by atoms with E-state index in [2.05, 4.69) is 74.7 Å². The highest BCUT2D eigenvalue weighted by Crippen LogP contribution is 2.17. The lowest BCUT2D eigenvalue weighted by Crippen LogP contribution is -2.46. The Kier molecular flexibility index (Phi) is 49.1. The molecule has 0 bridgehead atoms. The number of hydrogen-bond acceptors (Lipinski definition) is 5. The molecular weight excluding hydrogens is 779 g/mol. The molecule has 0 fully saturated rings. The largest absolute Gasteiger partial charge is 0.462 e. The Morgan fingerprint density at radius 1 is 0.476 bits per heavy atom. The van der Waals surface area contributed by atoms with E-state index in [-0.39, 0.29) is 24.9 Å². The van der Waals surface area contributed by atoms with Gasteiger partial charge in [0.1, 0.15) is 6.10 Å². The number of amides is 1. The van der Waals surface area contributed by atoms with E-state index in [0.717, 1.165) is 83.5 Å². The van der Waals surface area contributed by atoms with Crippen molar-refractivity contribution >= 4 is 11.9 Å². The third kappa shape index (κ3) is 46.2. The summed E-state index contributed by atoms with van der Waals surface area (Å²) in [5, 5.41) is 23.8. The van der Waals surface area contributed by atoms with Crippen LogP contribution in [0.25, 0.3) is 0 Å². The molecule has 63 heavy (non-hydrogen) atoms. The molecule has 0 radical (unpaired) electrons. The van der Waals surface area contributed by atoms with E-state index in [9.17, 15) is 19.8 Å². The van der Waals surface area contributed by atoms with Gasteiger partial charge in [-0.25, -0.2) is 0 Å². The summed E-state index contributed by atoms with van der Waals surface area (Å²) in [5.74, 6) is -0.502. The molecule has 3 unspecified atom stereocenters. The standard InChI is InChI=1S/C57H105NO5/c1-4-7-10-13-16-19-22-24-26-28-30-32-35-38-41-44-47-50-57(62)63-53(48-45-42-39-36-34-31-29-27-25-23-20-17-14-11-8-5-2)51-56(61)58-54(52-59)55(60)49-46-43-40-37-33-21-18-15-12-9-6-3/h16,19,24,26-27,29,31,34,53-55,59-60H,4-15,17-18,20-23,25,28,30,32-33,35-52H2,1-3H3,(H,58,61)/b19-16-,26-24-,29-27+,34-31+. The highest BCUT2D eigenvalue weighted by molar-refractivity contribution is 5.77. The maximum Gasteiger partial charge on any atom is 0.306 e. The molecule has 6 nitrogen and oxygen atoms in total. The highest BCUT2D eigenvalue weighted by atomic mass is 16.5. The van der Waals surface area contributed by atoms with Gasteiger partial charge in [-0.1, -0.05) is 230 Å². The molecule has 1 amide bonds. The van der Waals surface area contributed by atoms with Crippen molar-refractivity contribution in [1.29, 1.82) is 0 Å². The summed E-state index contributed by atoms with van der Waals surface area (Å²) in [7, 11) is 0. The SMILES string of the molecule is CCCCC/C=C\C/C=C\CCCCCCCCCC(=O)OC(CCCCC/C=C/C=C/CCCCCCCCC)CC(=O)NC(CO)C(O)CCCCCCCCCCCCC. The second kappa shape index (κ2) is 50.8. The lowest BCUT2D eigenvalue weighted by atomic mass is 10.0. The average molecular weight is 884 g/mol. The van der Waals surface area contributed by atoms with Crippen LogP contribution in [0.5, 0.6) is 0 Å². The number of unbranched alkanes of at least 4 members (excludes halogenated alkanes) is 30. The first-order chi connectivity index (χ1) is 31.0. The fourth-order valence-corrected chi connectivity index (χ4v) is 8.22. The van der Waals surface area contributed by atoms with Crippen LogP contribution in [-0.2, 0) is 14.3 Å². The van der Waals surface area contributed by atoms with Gasteiger partial charge in [0.25, 0.3) is 0 Å². The molecule has 3 N–H and O–H groups in total.